The predicted octanol–water partition coefficient (Wildman–Crippen LogP) is 3.24. The largest absolute Gasteiger partial charge is 0.449 e. The average Bonchev–Trinajstić information content (AvgIpc) is 3.14. The third-order valence-electron chi connectivity index (χ3n) is 4.78. The summed E-state index contributed by atoms with van der Waals surface area (Å²) in [4.78, 5) is 38.4. The highest BCUT2D eigenvalue weighted by Crippen LogP contribution is 2.22. The van der Waals surface area contributed by atoms with E-state index < -0.39 is 12.1 Å². The Morgan fingerprint density at radius 1 is 1.07 bits per heavy atom. The number of hydrogen-bond acceptors (Lipinski definition) is 4. The van der Waals surface area contributed by atoms with Gasteiger partial charge in [0, 0.05) is 18.7 Å². The van der Waals surface area contributed by atoms with Crippen molar-refractivity contribution in [1.29, 1.82) is 0 Å². The second kappa shape index (κ2) is 8.69. The molecule has 1 saturated heterocycles. The summed E-state index contributed by atoms with van der Waals surface area (Å²) >= 11 is 0. The first-order valence-electron chi connectivity index (χ1n) is 9.42. The molecule has 2 unspecified atom stereocenters. The van der Waals surface area contributed by atoms with Crippen LogP contribution in [0.4, 0.5) is 5.69 Å². The molecule has 1 fully saturated rings. The summed E-state index contributed by atoms with van der Waals surface area (Å²) in [5.41, 5.74) is 1.96. The van der Waals surface area contributed by atoms with Crippen LogP contribution in [0.3, 0.4) is 0 Å². The van der Waals surface area contributed by atoms with Gasteiger partial charge in [0.25, 0.3) is 5.91 Å². The first-order valence-corrected chi connectivity index (χ1v) is 9.42. The zero-order valence-corrected chi connectivity index (χ0v) is 16.1. The van der Waals surface area contributed by atoms with Crippen molar-refractivity contribution < 1.29 is 19.1 Å². The number of hydrogen-bond donors (Lipinski definition) is 1. The van der Waals surface area contributed by atoms with Gasteiger partial charge in [-0.25, -0.2) is 4.79 Å². The number of rotatable bonds is 6. The Kier molecular flexibility index (Phi) is 6.09. The standard InChI is InChI=1S/C22H24N2O4/c1-15(17-8-4-3-5-9-17)23-21(26)16(2)28-22(27)18-10-6-11-19(14-18)24-13-7-12-20(24)25/h3-6,8-11,14-16H,7,12-13H2,1-2H3,(H,23,26). The lowest BCUT2D eigenvalue weighted by molar-refractivity contribution is -0.129. The summed E-state index contributed by atoms with van der Waals surface area (Å²) in [6.07, 6.45) is 0.395. The highest BCUT2D eigenvalue weighted by molar-refractivity contribution is 5.98. The predicted molar refractivity (Wildman–Crippen MR) is 106 cm³/mol. The topological polar surface area (TPSA) is 75.7 Å². The first-order chi connectivity index (χ1) is 13.5. The van der Waals surface area contributed by atoms with Crippen molar-refractivity contribution in [2.75, 3.05) is 11.4 Å². The number of nitrogens with zero attached hydrogens (tertiary/aromatic N) is 1. The Morgan fingerprint density at radius 2 is 1.82 bits per heavy atom. The average molecular weight is 380 g/mol. The maximum Gasteiger partial charge on any atom is 0.338 e. The molecule has 2 aromatic carbocycles. The van der Waals surface area contributed by atoms with E-state index in [0.29, 0.717) is 24.2 Å². The summed E-state index contributed by atoms with van der Waals surface area (Å²) in [5, 5.41) is 2.85. The molecule has 1 heterocycles. The molecule has 6 nitrogen and oxygen atoms in total. The van der Waals surface area contributed by atoms with E-state index in [-0.39, 0.29) is 17.9 Å². The number of nitrogens with one attached hydrogen (secondary N) is 1. The van der Waals surface area contributed by atoms with Crippen molar-refractivity contribution >= 4 is 23.5 Å². The monoisotopic (exact) mass is 380 g/mol. The normalized spacial score (nSPS) is 15.8. The van der Waals surface area contributed by atoms with Crippen molar-refractivity contribution in [2.24, 2.45) is 0 Å². The molecule has 0 spiro atoms. The summed E-state index contributed by atoms with van der Waals surface area (Å²) < 4.78 is 5.33. The molecule has 3 rings (SSSR count). The molecular formula is C22H24N2O4. The lowest BCUT2D eigenvalue weighted by Gasteiger charge is -2.19. The molecule has 28 heavy (non-hydrogen) atoms. The van der Waals surface area contributed by atoms with E-state index in [9.17, 15) is 14.4 Å². The van der Waals surface area contributed by atoms with Crippen LogP contribution in [-0.4, -0.2) is 30.4 Å². The number of carbonyl (C=O) groups excluding carboxylic acids is 3. The SMILES string of the molecule is CC(OC(=O)c1cccc(N2CCCC2=O)c1)C(=O)NC(C)c1ccccc1. The summed E-state index contributed by atoms with van der Waals surface area (Å²) in [6.45, 7) is 4.06. The van der Waals surface area contributed by atoms with E-state index in [1.807, 2.05) is 37.3 Å². The van der Waals surface area contributed by atoms with Crippen LogP contribution in [0.5, 0.6) is 0 Å². The highest BCUT2D eigenvalue weighted by atomic mass is 16.5. The van der Waals surface area contributed by atoms with Gasteiger partial charge < -0.3 is 15.0 Å². The fourth-order valence-corrected chi connectivity index (χ4v) is 3.16. The van der Waals surface area contributed by atoms with Crippen molar-refractivity contribution in [3.05, 3.63) is 65.7 Å². The second-order valence-electron chi connectivity index (χ2n) is 6.89. The van der Waals surface area contributed by atoms with E-state index in [4.69, 9.17) is 4.74 Å². The Hall–Kier alpha value is -3.15. The lowest BCUT2D eigenvalue weighted by Crippen LogP contribution is -2.37. The first kappa shape index (κ1) is 19.6. The smallest absolute Gasteiger partial charge is 0.338 e. The van der Waals surface area contributed by atoms with Crippen LogP contribution in [0.2, 0.25) is 0 Å². The molecule has 2 aromatic rings. The van der Waals surface area contributed by atoms with Crippen LogP contribution in [0.25, 0.3) is 0 Å². The van der Waals surface area contributed by atoms with E-state index in [2.05, 4.69) is 5.32 Å². The van der Waals surface area contributed by atoms with Crippen molar-refractivity contribution in [3.63, 3.8) is 0 Å². The van der Waals surface area contributed by atoms with E-state index >= 15 is 0 Å². The Bertz CT molecular complexity index is 866. The molecule has 0 bridgehead atoms. The molecule has 0 radical (unpaired) electrons. The maximum absolute atomic E-state index is 12.5. The van der Waals surface area contributed by atoms with Crippen LogP contribution in [-0.2, 0) is 14.3 Å². The number of carbonyl (C=O) groups is 3. The van der Waals surface area contributed by atoms with Crippen LogP contribution < -0.4 is 10.2 Å². The Labute approximate surface area is 164 Å². The maximum atomic E-state index is 12.5. The fraction of sp³-hybridized carbons (Fsp3) is 0.318. The van der Waals surface area contributed by atoms with Gasteiger partial charge in [0.1, 0.15) is 0 Å². The summed E-state index contributed by atoms with van der Waals surface area (Å²) in [7, 11) is 0. The van der Waals surface area contributed by atoms with Crippen LogP contribution in [0.1, 0.15) is 48.7 Å². The van der Waals surface area contributed by atoms with Gasteiger partial charge in [0.15, 0.2) is 6.10 Å². The van der Waals surface area contributed by atoms with E-state index in [1.165, 1.54) is 0 Å². The molecule has 0 aromatic heterocycles. The molecule has 0 saturated carbocycles. The van der Waals surface area contributed by atoms with Crippen LogP contribution in [0.15, 0.2) is 54.6 Å². The van der Waals surface area contributed by atoms with Gasteiger partial charge >= 0.3 is 5.97 Å². The molecule has 146 valence electrons. The zero-order chi connectivity index (χ0) is 20.1. The Morgan fingerprint density at radius 3 is 2.50 bits per heavy atom. The van der Waals surface area contributed by atoms with Crippen molar-refractivity contribution in [2.45, 2.75) is 38.8 Å². The third-order valence-corrected chi connectivity index (χ3v) is 4.78. The molecule has 1 N–H and O–H groups in total. The molecule has 2 amide bonds. The molecular weight excluding hydrogens is 356 g/mol. The lowest BCUT2D eigenvalue weighted by atomic mass is 10.1. The van der Waals surface area contributed by atoms with Crippen LogP contribution >= 0.6 is 0 Å². The van der Waals surface area contributed by atoms with Gasteiger partial charge in [-0.1, -0.05) is 36.4 Å². The number of amides is 2. The van der Waals surface area contributed by atoms with Gasteiger partial charge in [-0.05, 0) is 44.0 Å². The van der Waals surface area contributed by atoms with Gasteiger partial charge in [-0.2, -0.15) is 0 Å². The molecule has 2 atom stereocenters. The second-order valence-corrected chi connectivity index (χ2v) is 6.89. The molecule has 6 heteroatoms. The van der Waals surface area contributed by atoms with Crippen molar-refractivity contribution in [3.8, 4) is 0 Å². The Balaban J connectivity index is 1.61. The number of anilines is 1. The minimum Gasteiger partial charge on any atom is -0.449 e. The van der Waals surface area contributed by atoms with Crippen LogP contribution in [0, 0.1) is 0 Å². The van der Waals surface area contributed by atoms with Gasteiger partial charge in [-0.3, -0.25) is 9.59 Å². The van der Waals surface area contributed by atoms with E-state index in [1.54, 1.807) is 36.1 Å². The number of benzene rings is 2. The molecule has 1 aliphatic rings. The quantitative estimate of drug-likeness (QED) is 0.781. The van der Waals surface area contributed by atoms with Crippen molar-refractivity contribution in [1.82, 2.24) is 5.32 Å². The summed E-state index contributed by atoms with van der Waals surface area (Å²) in [6, 6.07) is 16.1. The van der Waals surface area contributed by atoms with E-state index in [0.717, 1.165) is 12.0 Å². The minimum atomic E-state index is -0.935. The third kappa shape index (κ3) is 4.57. The zero-order valence-electron chi connectivity index (χ0n) is 16.1. The van der Waals surface area contributed by atoms with Gasteiger partial charge in [-0.15, -0.1) is 0 Å². The summed E-state index contributed by atoms with van der Waals surface area (Å²) in [5.74, 6) is -0.910. The number of esters is 1. The fourth-order valence-electron chi connectivity index (χ4n) is 3.16. The van der Waals surface area contributed by atoms with Gasteiger partial charge in [0.2, 0.25) is 5.91 Å². The van der Waals surface area contributed by atoms with Gasteiger partial charge in [0.05, 0.1) is 11.6 Å². The molecule has 0 aliphatic carbocycles. The molecule has 1 aliphatic heterocycles. The highest BCUT2D eigenvalue weighted by Gasteiger charge is 2.24. The minimum absolute atomic E-state index is 0.0492. The number of ether oxygens (including phenoxy) is 1.